The molecule has 0 unspecified atom stereocenters. The van der Waals surface area contributed by atoms with Crippen LogP contribution in [0.15, 0.2) is 24.3 Å². The van der Waals surface area contributed by atoms with Gasteiger partial charge >= 0.3 is 12.1 Å². The van der Waals surface area contributed by atoms with E-state index in [1.165, 1.54) is 18.2 Å². The second kappa shape index (κ2) is 4.95. The Bertz CT molecular complexity index is 406. The van der Waals surface area contributed by atoms with Gasteiger partial charge in [0.25, 0.3) is 6.17 Å². The largest absolute Gasteiger partial charge is 0.487 e. The van der Waals surface area contributed by atoms with E-state index in [1.807, 2.05) is 0 Å². The van der Waals surface area contributed by atoms with Crippen molar-refractivity contribution in [3.8, 4) is 5.75 Å². The molecule has 18 heavy (non-hydrogen) atoms. The van der Waals surface area contributed by atoms with Crippen molar-refractivity contribution in [1.29, 1.82) is 0 Å². The third-order valence-electron chi connectivity index (χ3n) is 1.95. The number of ether oxygens (including phenoxy) is 1. The fourth-order valence-electron chi connectivity index (χ4n) is 1.10. The van der Waals surface area contributed by atoms with Gasteiger partial charge in [-0.3, -0.25) is 0 Å². The number of hydrogen-bond acceptors (Lipinski definition) is 2. The maximum absolute atomic E-state index is 12.8. The maximum Gasteiger partial charge on any atom is 0.425 e. The van der Waals surface area contributed by atoms with Crippen LogP contribution in [0.3, 0.4) is 0 Å². The van der Waals surface area contributed by atoms with Crippen LogP contribution in [0.1, 0.15) is 0 Å². The molecule has 1 aromatic carbocycles. The molecular formula is C10H9F6NO. The Morgan fingerprint density at radius 1 is 1.17 bits per heavy atom. The second-order valence-corrected chi connectivity index (χ2v) is 3.53. The van der Waals surface area contributed by atoms with Crippen molar-refractivity contribution in [2.45, 2.75) is 18.3 Å². The standard InChI is InChI=1S/C10H9F6NO/c11-8(10(14,15)16)9(12,13)5-18-7-3-1-2-6(17)4-7/h1-4,8H,5,17H2/t8-/m0/s1. The van der Waals surface area contributed by atoms with Crippen molar-refractivity contribution in [2.24, 2.45) is 0 Å². The number of alkyl halides is 6. The molecule has 0 saturated heterocycles. The normalized spacial score (nSPS) is 14.3. The number of hydrogen-bond donors (Lipinski definition) is 1. The van der Waals surface area contributed by atoms with Gasteiger partial charge in [0.2, 0.25) is 0 Å². The van der Waals surface area contributed by atoms with Crippen LogP contribution < -0.4 is 10.5 Å². The zero-order chi connectivity index (χ0) is 14.0. The number of nitrogen functional groups attached to an aromatic ring is 1. The summed E-state index contributed by atoms with van der Waals surface area (Å²) >= 11 is 0. The highest BCUT2D eigenvalue weighted by molar-refractivity contribution is 5.43. The summed E-state index contributed by atoms with van der Waals surface area (Å²) in [5, 5.41) is 0. The van der Waals surface area contributed by atoms with Gasteiger partial charge in [-0.1, -0.05) is 6.07 Å². The van der Waals surface area contributed by atoms with Crippen molar-refractivity contribution in [3.05, 3.63) is 24.3 Å². The summed E-state index contributed by atoms with van der Waals surface area (Å²) in [4.78, 5) is 0. The molecular weight excluding hydrogens is 264 g/mol. The molecule has 1 aromatic rings. The van der Waals surface area contributed by atoms with E-state index in [1.54, 1.807) is 0 Å². The van der Waals surface area contributed by atoms with Gasteiger partial charge in [0, 0.05) is 11.8 Å². The van der Waals surface area contributed by atoms with Gasteiger partial charge in [-0.05, 0) is 12.1 Å². The van der Waals surface area contributed by atoms with Crippen LogP contribution in [-0.2, 0) is 0 Å². The third kappa shape index (κ3) is 3.71. The third-order valence-corrected chi connectivity index (χ3v) is 1.95. The molecule has 0 radical (unpaired) electrons. The van der Waals surface area contributed by atoms with Gasteiger partial charge in [0.1, 0.15) is 5.75 Å². The van der Waals surface area contributed by atoms with E-state index in [-0.39, 0.29) is 11.4 Å². The highest BCUT2D eigenvalue weighted by Crippen LogP contribution is 2.35. The zero-order valence-corrected chi connectivity index (χ0v) is 8.85. The summed E-state index contributed by atoms with van der Waals surface area (Å²) in [6.45, 7) is -1.73. The van der Waals surface area contributed by atoms with Crippen molar-refractivity contribution in [1.82, 2.24) is 0 Å². The van der Waals surface area contributed by atoms with Crippen LogP contribution in [0.5, 0.6) is 5.75 Å². The van der Waals surface area contributed by atoms with E-state index in [2.05, 4.69) is 4.74 Å². The molecule has 0 aromatic heterocycles. The van der Waals surface area contributed by atoms with E-state index in [9.17, 15) is 26.3 Å². The van der Waals surface area contributed by atoms with Crippen molar-refractivity contribution in [3.63, 3.8) is 0 Å². The lowest BCUT2D eigenvalue weighted by molar-refractivity contribution is -0.250. The Morgan fingerprint density at radius 3 is 2.28 bits per heavy atom. The van der Waals surface area contributed by atoms with Crippen LogP contribution in [0.25, 0.3) is 0 Å². The molecule has 0 bridgehead atoms. The maximum atomic E-state index is 12.8. The van der Waals surface area contributed by atoms with Crippen LogP contribution in [0.2, 0.25) is 0 Å². The first-order chi connectivity index (χ1) is 8.13. The summed E-state index contributed by atoms with van der Waals surface area (Å²) in [6.07, 6.45) is -9.91. The fourth-order valence-corrected chi connectivity index (χ4v) is 1.10. The van der Waals surface area contributed by atoms with E-state index in [4.69, 9.17) is 5.73 Å². The number of halogens is 6. The Hall–Kier alpha value is -1.60. The molecule has 0 spiro atoms. The molecule has 0 saturated carbocycles. The Morgan fingerprint density at radius 2 is 1.78 bits per heavy atom. The minimum Gasteiger partial charge on any atom is -0.487 e. The average molecular weight is 273 g/mol. The summed E-state index contributed by atoms with van der Waals surface area (Å²) < 4.78 is 78.0. The summed E-state index contributed by atoms with van der Waals surface area (Å²) in [5.41, 5.74) is 5.49. The molecule has 0 aliphatic heterocycles. The Labute approximate surface area is 98.3 Å². The topological polar surface area (TPSA) is 35.2 Å². The molecule has 0 heterocycles. The molecule has 2 nitrogen and oxygen atoms in total. The average Bonchev–Trinajstić information content (AvgIpc) is 2.24. The Kier molecular flexibility index (Phi) is 3.98. The van der Waals surface area contributed by atoms with Crippen molar-refractivity contribution >= 4 is 5.69 Å². The first-order valence-corrected chi connectivity index (χ1v) is 4.70. The lowest BCUT2D eigenvalue weighted by Crippen LogP contribution is -2.45. The lowest BCUT2D eigenvalue weighted by Gasteiger charge is -2.22. The molecule has 1 rings (SSSR count). The highest BCUT2D eigenvalue weighted by atomic mass is 19.4. The molecule has 0 aliphatic rings. The van der Waals surface area contributed by atoms with E-state index >= 15 is 0 Å². The van der Waals surface area contributed by atoms with Crippen LogP contribution in [-0.4, -0.2) is 24.9 Å². The quantitative estimate of drug-likeness (QED) is 0.675. The summed E-state index contributed by atoms with van der Waals surface area (Å²) in [7, 11) is 0. The highest BCUT2D eigenvalue weighted by Gasteiger charge is 2.57. The number of nitrogens with two attached hydrogens (primary N) is 1. The van der Waals surface area contributed by atoms with Gasteiger partial charge in [0.05, 0.1) is 0 Å². The molecule has 0 fully saturated rings. The molecule has 2 N–H and O–H groups in total. The summed E-state index contributed by atoms with van der Waals surface area (Å²) in [5.74, 6) is -4.83. The first kappa shape index (κ1) is 14.5. The number of rotatable bonds is 4. The van der Waals surface area contributed by atoms with Gasteiger partial charge in [-0.2, -0.15) is 22.0 Å². The summed E-state index contributed by atoms with van der Waals surface area (Å²) in [6, 6.07) is 5.14. The first-order valence-electron chi connectivity index (χ1n) is 4.70. The molecule has 8 heteroatoms. The predicted molar refractivity (Wildman–Crippen MR) is 52.2 cm³/mol. The van der Waals surface area contributed by atoms with Crippen LogP contribution in [0, 0.1) is 0 Å². The van der Waals surface area contributed by atoms with E-state index < -0.39 is 24.9 Å². The molecule has 0 aliphatic carbocycles. The fraction of sp³-hybridized carbons (Fsp3) is 0.400. The predicted octanol–water partition coefficient (Wildman–Crippen LogP) is 3.18. The molecule has 102 valence electrons. The van der Waals surface area contributed by atoms with Crippen LogP contribution in [0.4, 0.5) is 32.0 Å². The van der Waals surface area contributed by atoms with Gasteiger partial charge in [-0.25, -0.2) is 4.39 Å². The van der Waals surface area contributed by atoms with E-state index in [0.717, 1.165) is 6.07 Å². The number of benzene rings is 1. The zero-order valence-electron chi connectivity index (χ0n) is 8.85. The smallest absolute Gasteiger partial charge is 0.425 e. The lowest BCUT2D eigenvalue weighted by atomic mass is 10.2. The van der Waals surface area contributed by atoms with E-state index in [0.29, 0.717) is 0 Å². The number of anilines is 1. The second-order valence-electron chi connectivity index (χ2n) is 3.53. The van der Waals surface area contributed by atoms with Gasteiger partial charge in [-0.15, -0.1) is 0 Å². The van der Waals surface area contributed by atoms with Crippen molar-refractivity contribution < 1.29 is 31.1 Å². The minimum absolute atomic E-state index is 0.163. The van der Waals surface area contributed by atoms with Crippen LogP contribution >= 0.6 is 0 Å². The minimum atomic E-state index is -5.64. The monoisotopic (exact) mass is 273 g/mol. The Balaban J connectivity index is 2.67. The molecule has 0 amide bonds. The van der Waals surface area contributed by atoms with Gasteiger partial charge < -0.3 is 10.5 Å². The van der Waals surface area contributed by atoms with Gasteiger partial charge in [0.15, 0.2) is 6.61 Å². The van der Waals surface area contributed by atoms with Crippen molar-refractivity contribution in [2.75, 3.05) is 12.3 Å². The molecule has 1 atom stereocenters. The SMILES string of the molecule is Nc1cccc(OCC(F)(F)[C@H](F)C(F)(F)F)c1.